The number of amides is 1. The topological polar surface area (TPSA) is 87.8 Å². The van der Waals surface area contributed by atoms with Crippen molar-refractivity contribution in [2.45, 2.75) is 20.3 Å². The van der Waals surface area contributed by atoms with Gasteiger partial charge in [0.15, 0.2) is 12.5 Å². The van der Waals surface area contributed by atoms with Gasteiger partial charge < -0.3 is 23.9 Å². The molecular weight excluding hydrogens is 490 g/mol. The van der Waals surface area contributed by atoms with Crippen molar-refractivity contribution in [1.29, 1.82) is 0 Å². The van der Waals surface area contributed by atoms with Gasteiger partial charge in [0.25, 0.3) is 5.91 Å². The Kier molecular flexibility index (Phi) is 7.31. The number of rotatable bonds is 10. The molecule has 170 valence electrons. The van der Waals surface area contributed by atoms with Gasteiger partial charge in [-0.2, -0.15) is 5.10 Å². The SMILES string of the molecule is CCOc1ccc(OCc2ccc(C(=O)Nc3cnn(COc4ccc(Br)cc4)c3)o2)cc1. The molecule has 33 heavy (non-hydrogen) atoms. The van der Waals surface area contributed by atoms with Crippen LogP contribution in [0.15, 0.2) is 81.9 Å². The number of aromatic nitrogens is 2. The van der Waals surface area contributed by atoms with E-state index >= 15 is 0 Å². The van der Waals surface area contributed by atoms with Crippen molar-refractivity contribution >= 4 is 27.5 Å². The average molecular weight is 512 g/mol. The summed E-state index contributed by atoms with van der Waals surface area (Å²) >= 11 is 3.38. The molecule has 0 spiro atoms. The van der Waals surface area contributed by atoms with E-state index in [4.69, 9.17) is 18.6 Å². The first-order valence-electron chi connectivity index (χ1n) is 10.3. The number of ether oxygens (including phenoxy) is 3. The van der Waals surface area contributed by atoms with E-state index in [0.29, 0.717) is 23.8 Å². The van der Waals surface area contributed by atoms with Crippen LogP contribution in [0.2, 0.25) is 0 Å². The molecule has 0 atom stereocenters. The minimum absolute atomic E-state index is 0.180. The molecule has 8 nitrogen and oxygen atoms in total. The quantitative estimate of drug-likeness (QED) is 0.302. The van der Waals surface area contributed by atoms with Crippen molar-refractivity contribution in [3.8, 4) is 17.2 Å². The second kappa shape index (κ2) is 10.7. The Morgan fingerprint density at radius 3 is 2.36 bits per heavy atom. The van der Waals surface area contributed by atoms with Gasteiger partial charge in [-0.3, -0.25) is 4.79 Å². The molecule has 0 aliphatic rings. The van der Waals surface area contributed by atoms with Crippen molar-refractivity contribution in [1.82, 2.24) is 9.78 Å². The van der Waals surface area contributed by atoms with Crippen LogP contribution in [0.1, 0.15) is 23.2 Å². The smallest absolute Gasteiger partial charge is 0.291 e. The maximum absolute atomic E-state index is 12.5. The van der Waals surface area contributed by atoms with Crippen LogP contribution in [0.3, 0.4) is 0 Å². The highest BCUT2D eigenvalue weighted by atomic mass is 79.9. The highest BCUT2D eigenvalue weighted by Gasteiger charge is 2.13. The van der Waals surface area contributed by atoms with Gasteiger partial charge in [-0.1, -0.05) is 15.9 Å². The lowest BCUT2D eigenvalue weighted by Crippen LogP contribution is -2.10. The second-order valence-corrected chi connectivity index (χ2v) is 7.82. The average Bonchev–Trinajstić information content (AvgIpc) is 3.48. The maximum atomic E-state index is 12.5. The fourth-order valence-corrected chi connectivity index (χ4v) is 3.16. The Morgan fingerprint density at radius 2 is 1.64 bits per heavy atom. The maximum Gasteiger partial charge on any atom is 0.291 e. The third-order valence-corrected chi connectivity index (χ3v) is 5.00. The predicted octanol–water partition coefficient (Wildman–Crippen LogP) is 5.51. The van der Waals surface area contributed by atoms with Crippen molar-refractivity contribution in [3.05, 3.63) is 89.1 Å². The Balaban J connectivity index is 1.26. The van der Waals surface area contributed by atoms with Gasteiger partial charge in [-0.05, 0) is 67.6 Å². The van der Waals surface area contributed by atoms with E-state index in [0.717, 1.165) is 16.0 Å². The zero-order valence-electron chi connectivity index (χ0n) is 17.9. The summed E-state index contributed by atoms with van der Waals surface area (Å²) in [6.45, 7) is 2.96. The minimum atomic E-state index is -0.379. The summed E-state index contributed by atoms with van der Waals surface area (Å²) in [7, 11) is 0. The monoisotopic (exact) mass is 511 g/mol. The first-order chi connectivity index (χ1) is 16.1. The first kappa shape index (κ1) is 22.5. The molecule has 0 saturated carbocycles. The number of nitrogens with zero attached hydrogens (tertiary/aromatic N) is 2. The molecule has 1 amide bonds. The van der Waals surface area contributed by atoms with Crippen LogP contribution in [-0.4, -0.2) is 22.3 Å². The van der Waals surface area contributed by atoms with Crippen molar-refractivity contribution in [2.24, 2.45) is 0 Å². The normalized spacial score (nSPS) is 10.6. The minimum Gasteiger partial charge on any atom is -0.494 e. The molecule has 4 aromatic rings. The van der Waals surface area contributed by atoms with Crippen LogP contribution in [-0.2, 0) is 13.3 Å². The van der Waals surface area contributed by atoms with E-state index in [2.05, 4.69) is 26.3 Å². The molecule has 0 fully saturated rings. The highest BCUT2D eigenvalue weighted by molar-refractivity contribution is 9.10. The summed E-state index contributed by atoms with van der Waals surface area (Å²) in [4.78, 5) is 12.5. The van der Waals surface area contributed by atoms with Gasteiger partial charge in [0, 0.05) is 4.47 Å². The largest absolute Gasteiger partial charge is 0.494 e. The van der Waals surface area contributed by atoms with Gasteiger partial charge in [-0.15, -0.1) is 0 Å². The molecular formula is C24H22BrN3O5. The van der Waals surface area contributed by atoms with Gasteiger partial charge in [0.1, 0.15) is 29.6 Å². The predicted molar refractivity (Wildman–Crippen MR) is 126 cm³/mol. The van der Waals surface area contributed by atoms with Gasteiger partial charge >= 0.3 is 0 Å². The second-order valence-electron chi connectivity index (χ2n) is 6.91. The van der Waals surface area contributed by atoms with E-state index in [1.54, 1.807) is 29.2 Å². The lowest BCUT2D eigenvalue weighted by Gasteiger charge is -2.06. The fraction of sp³-hybridized carbons (Fsp3) is 0.167. The molecule has 0 aliphatic carbocycles. The van der Waals surface area contributed by atoms with Gasteiger partial charge in [0.2, 0.25) is 0 Å². The van der Waals surface area contributed by atoms with E-state index in [9.17, 15) is 4.79 Å². The van der Waals surface area contributed by atoms with Gasteiger partial charge in [0.05, 0.1) is 24.7 Å². The number of carbonyl (C=O) groups excluding carboxylic acids is 1. The molecule has 9 heteroatoms. The number of benzene rings is 2. The zero-order valence-corrected chi connectivity index (χ0v) is 19.4. The number of hydrogen-bond acceptors (Lipinski definition) is 6. The number of carbonyl (C=O) groups is 1. The van der Waals surface area contributed by atoms with Crippen molar-refractivity contribution in [2.75, 3.05) is 11.9 Å². The third-order valence-electron chi connectivity index (χ3n) is 4.47. The number of anilines is 1. The highest BCUT2D eigenvalue weighted by Crippen LogP contribution is 2.20. The van der Waals surface area contributed by atoms with E-state index in [-0.39, 0.29) is 25.0 Å². The summed E-state index contributed by atoms with van der Waals surface area (Å²) in [5.41, 5.74) is 0.531. The number of furan rings is 1. The molecule has 1 N–H and O–H groups in total. The van der Waals surface area contributed by atoms with Crippen LogP contribution >= 0.6 is 15.9 Å². The molecule has 0 bridgehead atoms. The summed E-state index contributed by atoms with van der Waals surface area (Å²) in [5, 5.41) is 6.95. The first-order valence-corrected chi connectivity index (χ1v) is 11.0. The molecule has 2 aromatic carbocycles. The lowest BCUT2D eigenvalue weighted by molar-refractivity contribution is 0.0992. The lowest BCUT2D eigenvalue weighted by atomic mass is 10.3. The van der Waals surface area contributed by atoms with Crippen molar-refractivity contribution in [3.63, 3.8) is 0 Å². The Labute approximate surface area is 199 Å². The Morgan fingerprint density at radius 1 is 0.970 bits per heavy atom. The molecule has 0 aliphatic heterocycles. The molecule has 0 saturated heterocycles. The van der Waals surface area contributed by atoms with Gasteiger partial charge in [-0.25, -0.2) is 4.68 Å². The third kappa shape index (κ3) is 6.39. The van der Waals surface area contributed by atoms with Crippen LogP contribution in [0.4, 0.5) is 5.69 Å². The molecule has 0 radical (unpaired) electrons. The molecule has 4 rings (SSSR count). The number of hydrogen-bond donors (Lipinski definition) is 1. The summed E-state index contributed by atoms with van der Waals surface area (Å²) < 4.78 is 24.9. The molecule has 2 heterocycles. The Bertz CT molecular complexity index is 1190. The number of halogens is 1. The number of nitrogens with one attached hydrogen (secondary N) is 1. The van der Waals surface area contributed by atoms with Crippen LogP contribution in [0, 0.1) is 0 Å². The van der Waals surface area contributed by atoms with Crippen LogP contribution in [0.25, 0.3) is 0 Å². The molecule has 0 unspecified atom stereocenters. The van der Waals surface area contributed by atoms with Crippen LogP contribution < -0.4 is 19.5 Å². The van der Waals surface area contributed by atoms with E-state index < -0.39 is 0 Å². The summed E-state index contributed by atoms with van der Waals surface area (Å²) in [5.74, 6) is 2.51. The van der Waals surface area contributed by atoms with E-state index in [1.807, 2.05) is 55.5 Å². The fourth-order valence-electron chi connectivity index (χ4n) is 2.89. The summed E-state index contributed by atoms with van der Waals surface area (Å²) in [6, 6.07) is 18.1. The standard InChI is InChI=1S/C24H22BrN3O5/c1-2-30-19-7-9-20(10-8-19)31-15-22-11-12-23(33-22)24(29)27-18-13-26-28(14-18)16-32-21-5-3-17(25)4-6-21/h3-14H,2,15-16H2,1H3,(H,27,29). The zero-order chi connectivity index (χ0) is 23.0. The van der Waals surface area contributed by atoms with Crippen molar-refractivity contribution < 1.29 is 23.4 Å². The Hall–Kier alpha value is -3.72. The summed E-state index contributed by atoms with van der Waals surface area (Å²) in [6.07, 6.45) is 3.22. The van der Waals surface area contributed by atoms with E-state index in [1.165, 1.54) is 0 Å². The molecule has 2 aromatic heterocycles. The van der Waals surface area contributed by atoms with Crippen LogP contribution in [0.5, 0.6) is 17.2 Å².